The number of hydrogen-bond acceptors (Lipinski definition) is 4. The van der Waals surface area contributed by atoms with Crippen LogP contribution in [0.15, 0.2) is 11.4 Å². The third-order valence-electron chi connectivity index (χ3n) is 1.77. The van der Waals surface area contributed by atoms with Crippen LogP contribution in [0.2, 0.25) is 0 Å². The van der Waals surface area contributed by atoms with E-state index in [2.05, 4.69) is 9.97 Å². The summed E-state index contributed by atoms with van der Waals surface area (Å²) in [5.74, 6) is 0.647. The molecule has 0 fully saturated rings. The van der Waals surface area contributed by atoms with Crippen LogP contribution in [0, 0.1) is 6.92 Å². The zero-order chi connectivity index (χ0) is 9.42. The quantitative estimate of drug-likeness (QED) is 0.650. The van der Waals surface area contributed by atoms with Crippen molar-refractivity contribution in [2.75, 3.05) is 0 Å². The number of carbonyl (C=O) groups excluding carboxylic acids is 1. The Kier molecular flexibility index (Phi) is 1.84. The van der Waals surface area contributed by atoms with Crippen molar-refractivity contribution < 1.29 is 4.79 Å². The summed E-state index contributed by atoms with van der Waals surface area (Å²) in [6.45, 7) is 3.32. The standard InChI is InChI=1S/C9H8N2OS/c1-5(12)8-7-3-4-13-9(7)11-6(2)10-8/h3-4H,1-2H3. The van der Waals surface area contributed by atoms with Gasteiger partial charge in [-0.1, -0.05) is 0 Å². The van der Waals surface area contributed by atoms with Gasteiger partial charge in [0.15, 0.2) is 5.78 Å². The Hall–Kier alpha value is -1.29. The van der Waals surface area contributed by atoms with Gasteiger partial charge >= 0.3 is 0 Å². The summed E-state index contributed by atoms with van der Waals surface area (Å²) in [6.07, 6.45) is 0. The average Bonchev–Trinajstić information content (AvgIpc) is 2.49. The number of nitrogens with zero attached hydrogens (tertiary/aromatic N) is 2. The number of thiophene rings is 1. The van der Waals surface area contributed by atoms with Gasteiger partial charge in [0.05, 0.1) is 0 Å². The third-order valence-corrected chi connectivity index (χ3v) is 2.58. The minimum absolute atomic E-state index is 0.00565. The van der Waals surface area contributed by atoms with Crippen molar-refractivity contribution in [3.8, 4) is 0 Å². The summed E-state index contributed by atoms with van der Waals surface area (Å²) in [7, 11) is 0. The van der Waals surface area contributed by atoms with E-state index in [9.17, 15) is 4.79 Å². The molecule has 2 heterocycles. The lowest BCUT2D eigenvalue weighted by Gasteiger charge is -1.98. The molecule has 0 atom stereocenters. The van der Waals surface area contributed by atoms with Gasteiger partial charge in [-0.2, -0.15) is 0 Å². The summed E-state index contributed by atoms with van der Waals surface area (Å²) >= 11 is 1.53. The molecule has 0 aromatic carbocycles. The number of hydrogen-bond donors (Lipinski definition) is 0. The molecule has 2 aromatic heterocycles. The van der Waals surface area contributed by atoms with Gasteiger partial charge in [0, 0.05) is 12.3 Å². The molecule has 0 saturated carbocycles. The Labute approximate surface area is 79.4 Å². The summed E-state index contributed by atoms with van der Waals surface area (Å²) < 4.78 is 0. The molecule has 2 rings (SSSR count). The van der Waals surface area contributed by atoms with Crippen LogP contribution in [0.3, 0.4) is 0 Å². The molecule has 3 nitrogen and oxygen atoms in total. The molecule has 0 radical (unpaired) electrons. The summed E-state index contributed by atoms with van der Waals surface area (Å²) in [4.78, 5) is 20.5. The van der Waals surface area contributed by atoms with Crippen molar-refractivity contribution in [1.82, 2.24) is 9.97 Å². The predicted molar refractivity (Wildman–Crippen MR) is 52.2 cm³/mol. The highest BCUT2D eigenvalue weighted by atomic mass is 32.1. The molecular weight excluding hydrogens is 184 g/mol. The fraction of sp³-hybridized carbons (Fsp3) is 0.222. The molecular formula is C9H8N2OS. The first-order valence-electron chi connectivity index (χ1n) is 3.91. The maximum Gasteiger partial charge on any atom is 0.178 e. The van der Waals surface area contributed by atoms with Crippen LogP contribution >= 0.6 is 11.3 Å². The summed E-state index contributed by atoms with van der Waals surface area (Å²) in [6, 6.07) is 1.89. The van der Waals surface area contributed by atoms with Gasteiger partial charge in [-0.25, -0.2) is 9.97 Å². The van der Waals surface area contributed by atoms with E-state index in [0.29, 0.717) is 11.5 Å². The lowest BCUT2D eigenvalue weighted by molar-refractivity contribution is 0.101. The minimum atomic E-state index is -0.00565. The van der Waals surface area contributed by atoms with Gasteiger partial charge < -0.3 is 0 Å². The highest BCUT2D eigenvalue weighted by molar-refractivity contribution is 7.16. The zero-order valence-electron chi connectivity index (χ0n) is 7.37. The minimum Gasteiger partial charge on any atom is -0.293 e. The van der Waals surface area contributed by atoms with Crippen molar-refractivity contribution in [2.45, 2.75) is 13.8 Å². The molecule has 4 heteroatoms. The normalized spacial score (nSPS) is 10.6. The van der Waals surface area contributed by atoms with E-state index in [1.54, 1.807) is 6.92 Å². The molecule has 0 spiro atoms. The van der Waals surface area contributed by atoms with E-state index in [1.165, 1.54) is 18.3 Å². The van der Waals surface area contributed by atoms with Gasteiger partial charge in [-0.3, -0.25) is 4.79 Å². The Morgan fingerprint density at radius 2 is 2.23 bits per heavy atom. The van der Waals surface area contributed by atoms with Crippen LogP contribution in [0.4, 0.5) is 0 Å². The van der Waals surface area contributed by atoms with Gasteiger partial charge in [0.1, 0.15) is 16.3 Å². The van der Waals surface area contributed by atoms with Crippen molar-refractivity contribution in [2.24, 2.45) is 0 Å². The fourth-order valence-corrected chi connectivity index (χ4v) is 2.04. The van der Waals surface area contributed by atoms with E-state index in [1.807, 2.05) is 11.4 Å². The van der Waals surface area contributed by atoms with Crippen LogP contribution in [-0.4, -0.2) is 15.8 Å². The van der Waals surface area contributed by atoms with Crippen LogP contribution in [-0.2, 0) is 0 Å². The lowest BCUT2D eigenvalue weighted by atomic mass is 10.2. The maximum atomic E-state index is 11.2. The van der Waals surface area contributed by atoms with Crippen molar-refractivity contribution >= 4 is 27.3 Å². The first-order valence-corrected chi connectivity index (χ1v) is 4.79. The summed E-state index contributed by atoms with van der Waals surface area (Å²) in [5, 5.41) is 2.79. The van der Waals surface area contributed by atoms with Crippen LogP contribution in [0.1, 0.15) is 23.2 Å². The third kappa shape index (κ3) is 1.33. The smallest absolute Gasteiger partial charge is 0.178 e. The Bertz CT molecular complexity index is 475. The lowest BCUT2D eigenvalue weighted by Crippen LogP contribution is -2.00. The maximum absolute atomic E-state index is 11.2. The molecule has 0 unspecified atom stereocenters. The Morgan fingerprint density at radius 3 is 2.92 bits per heavy atom. The van der Waals surface area contributed by atoms with Gasteiger partial charge in [-0.05, 0) is 18.4 Å². The van der Waals surface area contributed by atoms with Crippen LogP contribution in [0.5, 0.6) is 0 Å². The first kappa shape index (κ1) is 8.31. The van der Waals surface area contributed by atoms with Crippen molar-refractivity contribution in [3.05, 3.63) is 23.0 Å². The second-order valence-electron chi connectivity index (χ2n) is 2.82. The number of rotatable bonds is 1. The van der Waals surface area contributed by atoms with Gasteiger partial charge in [-0.15, -0.1) is 11.3 Å². The summed E-state index contributed by atoms with van der Waals surface area (Å²) in [5.41, 5.74) is 0.531. The number of Topliss-reactive ketones (excluding diaryl/α,β-unsaturated/α-hetero) is 1. The van der Waals surface area contributed by atoms with Crippen LogP contribution < -0.4 is 0 Å². The number of fused-ring (bicyclic) bond motifs is 1. The monoisotopic (exact) mass is 192 g/mol. The second kappa shape index (κ2) is 2.88. The molecule has 0 saturated heterocycles. The molecule has 0 amide bonds. The van der Waals surface area contributed by atoms with Crippen molar-refractivity contribution in [3.63, 3.8) is 0 Å². The Balaban J connectivity index is 2.84. The number of aryl methyl sites for hydroxylation is 1. The van der Waals surface area contributed by atoms with Crippen LogP contribution in [0.25, 0.3) is 10.2 Å². The van der Waals surface area contributed by atoms with E-state index in [4.69, 9.17) is 0 Å². The largest absolute Gasteiger partial charge is 0.293 e. The van der Waals surface area contributed by atoms with Crippen molar-refractivity contribution in [1.29, 1.82) is 0 Å². The van der Waals surface area contributed by atoms with E-state index >= 15 is 0 Å². The van der Waals surface area contributed by atoms with E-state index < -0.39 is 0 Å². The van der Waals surface area contributed by atoms with Gasteiger partial charge in [0.25, 0.3) is 0 Å². The highest BCUT2D eigenvalue weighted by Gasteiger charge is 2.09. The SMILES string of the molecule is CC(=O)c1nc(C)nc2sccc12. The Morgan fingerprint density at radius 1 is 1.46 bits per heavy atom. The molecule has 0 bridgehead atoms. The molecule has 0 aliphatic heterocycles. The number of aromatic nitrogens is 2. The zero-order valence-corrected chi connectivity index (χ0v) is 8.18. The average molecular weight is 192 g/mol. The molecule has 0 aliphatic rings. The highest BCUT2D eigenvalue weighted by Crippen LogP contribution is 2.21. The van der Waals surface area contributed by atoms with E-state index in [-0.39, 0.29) is 5.78 Å². The topological polar surface area (TPSA) is 42.9 Å². The first-order chi connectivity index (χ1) is 6.18. The van der Waals surface area contributed by atoms with Gasteiger partial charge in [0.2, 0.25) is 0 Å². The molecule has 0 aliphatic carbocycles. The predicted octanol–water partition coefficient (Wildman–Crippen LogP) is 2.20. The molecule has 13 heavy (non-hydrogen) atoms. The molecule has 66 valence electrons. The molecule has 2 aromatic rings. The van der Waals surface area contributed by atoms with E-state index in [0.717, 1.165) is 10.2 Å². The number of carbonyl (C=O) groups is 1. The number of ketones is 1. The molecule has 0 N–H and O–H groups in total. The second-order valence-corrected chi connectivity index (χ2v) is 3.71. The fourth-order valence-electron chi connectivity index (χ4n) is 1.23.